The van der Waals surface area contributed by atoms with E-state index < -0.39 is 0 Å². The zero-order chi connectivity index (χ0) is 22.8. The number of amides is 1. The molecule has 4 heterocycles. The van der Waals surface area contributed by atoms with Gasteiger partial charge in [0.05, 0.1) is 5.92 Å². The number of rotatable bonds is 6. The van der Waals surface area contributed by atoms with E-state index in [0.29, 0.717) is 23.1 Å². The molecule has 174 valence electrons. The lowest BCUT2D eigenvalue weighted by Crippen LogP contribution is -2.46. The van der Waals surface area contributed by atoms with Gasteiger partial charge in [-0.15, -0.1) is 0 Å². The van der Waals surface area contributed by atoms with E-state index in [-0.39, 0.29) is 5.92 Å². The molecule has 3 aromatic heterocycles. The van der Waals surface area contributed by atoms with Crippen LogP contribution in [-0.2, 0) is 4.79 Å². The molecule has 9 heteroatoms. The molecule has 1 unspecified atom stereocenters. The van der Waals surface area contributed by atoms with Crippen LogP contribution in [0.4, 0.5) is 5.82 Å². The number of anilines is 1. The van der Waals surface area contributed by atoms with Crippen molar-refractivity contribution in [1.29, 1.82) is 0 Å². The molecule has 33 heavy (non-hydrogen) atoms. The number of nitrogens with one attached hydrogen (secondary N) is 3. The summed E-state index contributed by atoms with van der Waals surface area (Å²) in [6, 6.07) is 4.51. The summed E-state index contributed by atoms with van der Waals surface area (Å²) in [5.74, 6) is 1.23. The number of fused-ring (bicyclic) bond motifs is 1. The van der Waals surface area contributed by atoms with Crippen molar-refractivity contribution in [2.45, 2.75) is 51.1 Å². The van der Waals surface area contributed by atoms with Gasteiger partial charge >= 0.3 is 0 Å². The van der Waals surface area contributed by atoms with Gasteiger partial charge in [-0.3, -0.25) is 9.78 Å². The summed E-state index contributed by atoms with van der Waals surface area (Å²) in [5.41, 5.74) is 3.46. The second-order valence-corrected chi connectivity index (χ2v) is 9.37. The number of H-pyrrole nitrogens is 1. The predicted molar refractivity (Wildman–Crippen MR) is 130 cm³/mol. The van der Waals surface area contributed by atoms with E-state index in [2.05, 4.69) is 42.4 Å². The molecule has 1 aliphatic heterocycles. The third-order valence-electron chi connectivity index (χ3n) is 6.93. The first kappa shape index (κ1) is 22.1. The highest BCUT2D eigenvalue weighted by Gasteiger charge is 2.33. The number of aromatic nitrogens is 4. The Kier molecular flexibility index (Phi) is 6.46. The van der Waals surface area contributed by atoms with Crippen molar-refractivity contribution in [3.05, 3.63) is 35.9 Å². The summed E-state index contributed by atoms with van der Waals surface area (Å²) in [7, 11) is 0. The molecule has 1 atom stereocenters. The van der Waals surface area contributed by atoms with Crippen LogP contribution in [0.3, 0.4) is 0 Å². The number of halogens is 1. The summed E-state index contributed by atoms with van der Waals surface area (Å²) < 4.78 is 0. The van der Waals surface area contributed by atoms with Crippen LogP contribution < -0.4 is 10.6 Å². The van der Waals surface area contributed by atoms with Crippen LogP contribution >= 0.6 is 11.6 Å². The maximum absolute atomic E-state index is 13.0. The minimum atomic E-state index is 0.143. The smallest absolute Gasteiger partial charge is 0.227 e. The van der Waals surface area contributed by atoms with E-state index in [0.717, 1.165) is 79.8 Å². The van der Waals surface area contributed by atoms with Crippen molar-refractivity contribution in [2.24, 2.45) is 5.92 Å². The van der Waals surface area contributed by atoms with E-state index in [9.17, 15) is 4.79 Å². The highest BCUT2D eigenvalue weighted by Crippen LogP contribution is 2.31. The largest absolute Gasteiger partial charge is 0.367 e. The van der Waals surface area contributed by atoms with Gasteiger partial charge in [0, 0.05) is 49.3 Å². The van der Waals surface area contributed by atoms with Gasteiger partial charge in [-0.1, -0.05) is 11.6 Å². The minimum Gasteiger partial charge on any atom is -0.367 e. The second-order valence-electron chi connectivity index (χ2n) is 8.98. The monoisotopic (exact) mass is 467 g/mol. The quantitative estimate of drug-likeness (QED) is 0.476. The van der Waals surface area contributed by atoms with E-state index in [4.69, 9.17) is 11.6 Å². The number of carbonyl (C=O) groups is 1. The normalized spacial score (nSPS) is 23.0. The summed E-state index contributed by atoms with van der Waals surface area (Å²) in [4.78, 5) is 31.5. The number of hydrogen-bond donors (Lipinski definition) is 3. The Labute approximate surface area is 198 Å². The molecule has 1 aliphatic carbocycles. The zero-order valence-electron chi connectivity index (χ0n) is 18.9. The van der Waals surface area contributed by atoms with E-state index in [1.54, 1.807) is 12.4 Å². The van der Waals surface area contributed by atoms with Gasteiger partial charge in [0.25, 0.3) is 0 Å². The molecule has 3 N–H and O–H groups in total. The Morgan fingerprint density at radius 3 is 2.76 bits per heavy atom. The molecule has 3 aromatic rings. The number of carbonyl (C=O) groups excluding carboxylic acids is 1. The lowest BCUT2D eigenvalue weighted by molar-refractivity contribution is -0.137. The Morgan fingerprint density at radius 2 is 2.00 bits per heavy atom. The van der Waals surface area contributed by atoms with Gasteiger partial charge in [0.2, 0.25) is 5.91 Å². The predicted octanol–water partition coefficient (Wildman–Crippen LogP) is 3.85. The van der Waals surface area contributed by atoms with Gasteiger partial charge < -0.3 is 20.5 Å². The second kappa shape index (κ2) is 9.65. The third-order valence-corrected chi connectivity index (χ3v) is 7.13. The summed E-state index contributed by atoms with van der Waals surface area (Å²) in [5, 5.41) is 7.33. The van der Waals surface area contributed by atoms with Crippen LogP contribution in [0.5, 0.6) is 0 Å². The van der Waals surface area contributed by atoms with Crippen LogP contribution in [0.25, 0.3) is 22.3 Å². The maximum atomic E-state index is 13.0. The molecular weight excluding hydrogens is 438 g/mol. The van der Waals surface area contributed by atoms with E-state index >= 15 is 0 Å². The molecular formula is C24H30ClN7O. The average molecular weight is 468 g/mol. The Balaban J connectivity index is 1.25. The first-order chi connectivity index (χ1) is 16.1. The molecule has 5 rings (SSSR count). The van der Waals surface area contributed by atoms with Crippen LogP contribution in [0.15, 0.2) is 30.7 Å². The average Bonchev–Trinajstić information content (AvgIpc) is 3.51. The van der Waals surface area contributed by atoms with Crippen molar-refractivity contribution in [1.82, 2.24) is 30.2 Å². The number of aromatic amines is 1. The lowest BCUT2D eigenvalue weighted by Gasteiger charge is -2.38. The van der Waals surface area contributed by atoms with Crippen molar-refractivity contribution in [3.63, 3.8) is 0 Å². The topological polar surface area (TPSA) is 98.8 Å². The maximum Gasteiger partial charge on any atom is 0.227 e. The Bertz CT molecular complexity index is 1120. The minimum absolute atomic E-state index is 0.143. The van der Waals surface area contributed by atoms with Gasteiger partial charge in [-0.05, 0) is 63.3 Å². The standard InChI is InChI=1S/C24H30ClN7O/c1-2-32(24(33)15-7-8-26-13-15)18-5-3-17(4-6-18)30-21-12-16(11-20(25)31-21)19-14-29-23-22(19)27-9-10-28-23/h9-12,14-15,17-18,26H,2-8,13H2,1H3,(H,28,29)(H,30,31). The fourth-order valence-electron chi connectivity index (χ4n) is 5.23. The van der Waals surface area contributed by atoms with Gasteiger partial charge in [0.1, 0.15) is 16.5 Å². The van der Waals surface area contributed by atoms with Crippen LogP contribution in [-0.4, -0.2) is 62.5 Å². The molecule has 2 aliphatic rings. The first-order valence-electron chi connectivity index (χ1n) is 11.9. The Morgan fingerprint density at radius 1 is 1.18 bits per heavy atom. The van der Waals surface area contributed by atoms with E-state index in [1.165, 1.54) is 0 Å². The number of pyridine rings is 1. The number of nitrogens with zero attached hydrogens (tertiary/aromatic N) is 4. The van der Waals surface area contributed by atoms with Crippen molar-refractivity contribution in [2.75, 3.05) is 25.0 Å². The van der Waals surface area contributed by atoms with Crippen LogP contribution in [0, 0.1) is 5.92 Å². The molecule has 2 fully saturated rings. The third kappa shape index (κ3) is 4.68. The molecule has 8 nitrogen and oxygen atoms in total. The highest BCUT2D eigenvalue weighted by molar-refractivity contribution is 6.29. The van der Waals surface area contributed by atoms with Crippen molar-refractivity contribution in [3.8, 4) is 11.1 Å². The molecule has 1 saturated heterocycles. The van der Waals surface area contributed by atoms with Crippen LogP contribution in [0.1, 0.15) is 39.0 Å². The van der Waals surface area contributed by atoms with Gasteiger partial charge in [0.15, 0.2) is 5.65 Å². The lowest BCUT2D eigenvalue weighted by atomic mass is 9.89. The van der Waals surface area contributed by atoms with Crippen molar-refractivity contribution >= 4 is 34.5 Å². The molecule has 0 radical (unpaired) electrons. The molecule has 0 bridgehead atoms. The van der Waals surface area contributed by atoms with Crippen LogP contribution in [0.2, 0.25) is 5.15 Å². The summed E-state index contributed by atoms with van der Waals surface area (Å²) in [6.07, 6.45) is 10.2. The summed E-state index contributed by atoms with van der Waals surface area (Å²) in [6.45, 7) is 4.64. The molecule has 1 amide bonds. The molecule has 0 aromatic carbocycles. The highest BCUT2D eigenvalue weighted by atomic mass is 35.5. The fraction of sp³-hybridized carbons (Fsp3) is 0.500. The van der Waals surface area contributed by atoms with Gasteiger partial charge in [-0.2, -0.15) is 0 Å². The zero-order valence-corrected chi connectivity index (χ0v) is 19.6. The van der Waals surface area contributed by atoms with E-state index in [1.807, 2.05) is 18.3 Å². The Hall–Kier alpha value is -2.71. The summed E-state index contributed by atoms with van der Waals surface area (Å²) >= 11 is 6.37. The van der Waals surface area contributed by atoms with Gasteiger partial charge in [-0.25, -0.2) is 9.97 Å². The number of hydrogen-bond acceptors (Lipinski definition) is 6. The van der Waals surface area contributed by atoms with Crippen molar-refractivity contribution < 1.29 is 4.79 Å². The SMILES string of the molecule is CCN(C(=O)C1CCNC1)C1CCC(Nc2cc(-c3c[nH]c4nccnc34)cc(Cl)n2)CC1. The molecule has 0 spiro atoms. The first-order valence-corrected chi connectivity index (χ1v) is 12.2. The fourth-order valence-corrected chi connectivity index (χ4v) is 5.44. The molecule has 1 saturated carbocycles.